The van der Waals surface area contributed by atoms with Crippen molar-refractivity contribution >= 4 is 17.9 Å². The third-order valence-electron chi connectivity index (χ3n) is 11.8. The van der Waals surface area contributed by atoms with E-state index in [0.29, 0.717) is 19.3 Å². The predicted octanol–water partition coefficient (Wildman–Crippen LogP) is 11.0. The Morgan fingerprint density at radius 1 is 0.458 bits per heavy atom. The Balaban J connectivity index is 2.90. The lowest BCUT2D eigenvalue weighted by Crippen LogP contribution is -2.58. The molecule has 0 spiro atoms. The molecule has 0 amide bonds. The number of unbranched alkanes of at least 4 members (excludes halogenated alkanes) is 24. The van der Waals surface area contributed by atoms with Crippen LogP contribution in [0.2, 0.25) is 0 Å². The molecule has 1 aliphatic rings. The summed E-state index contributed by atoms with van der Waals surface area (Å²) in [5, 5.41) is 40.9. The largest absolute Gasteiger partial charge is 0.481 e. The second-order valence-corrected chi connectivity index (χ2v) is 17.5. The van der Waals surface area contributed by atoms with Crippen LogP contribution in [0.1, 0.15) is 240 Å². The van der Waals surface area contributed by atoms with Gasteiger partial charge in [-0.15, -0.1) is 0 Å². The van der Waals surface area contributed by atoms with E-state index in [1.807, 2.05) is 0 Å². The molecule has 11 nitrogen and oxygen atoms in total. The molecule has 0 aromatic carbocycles. The van der Waals surface area contributed by atoms with Gasteiger partial charge in [-0.25, -0.2) is 0 Å². The zero-order valence-electron chi connectivity index (χ0n) is 38.1. The van der Waals surface area contributed by atoms with Crippen LogP contribution in [0.3, 0.4) is 0 Å². The Morgan fingerprint density at radius 2 is 0.780 bits per heavy atom. The number of ether oxygens (including phenoxy) is 4. The van der Waals surface area contributed by atoms with Crippen molar-refractivity contribution in [1.29, 1.82) is 0 Å². The van der Waals surface area contributed by atoms with E-state index in [0.717, 1.165) is 77.0 Å². The van der Waals surface area contributed by atoms with Gasteiger partial charge in [0, 0.05) is 0 Å². The molecule has 0 saturated carbocycles. The molecule has 8 atom stereocenters. The summed E-state index contributed by atoms with van der Waals surface area (Å²) in [6.07, 6.45) is 23.0. The topological polar surface area (TPSA) is 169 Å². The van der Waals surface area contributed by atoms with Gasteiger partial charge in [-0.05, 0) is 39.0 Å². The van der Waals surface area contributed by atoms with Crippen LogP contribution in [0.25, 0.3) is 0 Å². The van der Waals surface area contributed by atoms with Gasteiger partial charge in [0.2, 0.25) is 0 Å². The number of carboxylic acid groups (broad SMARTS) is 1. The van der Waals surface area contributed by atoms with Crippen molar-refractivity contribution in [3.8, 4) is 0 Å². The predicted molar refractivity (Wildman–Crippen MR) is 234 cm³/mol. The first-order valence-electron chi connectivity index (χ1n) is 24.5. The van der Waals surface area contributed by atoms with Crippen molar-refractivity contribution in [2.75, 3.05) is 0 Å². The van der Waals surface area contributed by atoms with E-state index in [1.165, 1.54) is 96.3 Å². The average Bonchev–Trinajstić information content (AvgIpc) is 3.19. The Labute approximate surface area is 359 Å². The Hall–Kier alpha value is -1.79. The summed E-state index contributed by atoms with van der Waals surface area (Å²) in [6.45, 7) is 8.22. The second kappa shape index (κ2) is 36.8. The first kappa shape index (κ1) is 55.2. The third-order valence-corrected chi connectivity index (χ3v) is 11.8. The number of carboxylic acids is 1. The van der Waals surface area contributed by atoms with Crippen molar-refractivity contribution in [2.24, 2.45) is 0 Å². The summed E-state index contributed by atoms with van der Waals surface area (Å²) in [7, 11) is 0. The molecule has 1 saturated heterocycles. The summed E-state index contributed by atoms with van der Waals surface area (Å²) in [4.78, 5) is 38.6. The van der Waals surface area contributed by atoms with Crippen LogP contribution in [0.15, 0.2) is 0 Å². The molecule has 11 heteroatoms. The van der Waals surface area contributed by atoms with E-state index in [9.17, 15) is 34.8 Å². The smallest absolute Gasteiger partial charge is 0.309 e. The van der Waals surface area contributed by atoms with E-state index < -0.39 is 66.9 Å². The quantitative estimate of drug-likeness (QED) is 0.0342. The van der Waals surface area contributed by atoms with Gasteiger partial charge in [0.15, 0.2) is 6.29 Å². The summed E-state index contributed by atoms with van der Waals surface area (Å²) in [5.41, 5.74) is 0. The van der Waals surface area contributed by atoms with Gasteiger partial charge in [0.05, 0.1) is 31.5 Å². The summed E-state index contributed by atoms with van der Waals surface area (Å²) < 4.78 is 23.6. The highest BCUT2D eigenvalue weighted by molar-refractivity contribution is 5.73. The summed E-state index contributed by atoms with van der Waals surface area (Å²) >= 11 is 0. The maximum atomic E-state index is 13.6. The van der Waals surface area contributed by atoms with Gasteiger partial charge in [0.1, 0.15) is 30.5 Å². The van der Waals surface area contributed by atoms with Gasteiger partial charge in [-0.3, -0.25) is 14.4 Å². The molecule has 59 heavy (non-hydrogen) atoms. The Kier molecular flexibility index (Phi) is 34.5. The number of aliphatic carboxylic acids is 1. The number of aliphatic hydroxyl groups is 3. The normalized spacial score (nSPS) is 20.9. The molecular formula is C48H90O11. The SMILES string of the molecule is CCCCCCCCCCC[C@H](CC(=O)O)OC(=O)C[C@@H](CCCCCCCCCCC)OC(=O)C[C@@H](CCCCCCCCCCC)O[C@@H]1OC(C)[C@H](O)C(O)C1O. The highest BCUT2D eigenvalue weighted by Gasteiger charge is 2.43. The number of carbonyl (C=O) groups excluding carboxylic acids is 2. The van der Waals surface area contributed by atoms with Crippen LogP contribution in [0.5, 0.6) is 0 Å². The highest BCUT2D eigenvalue weighted by Crippen LogP contribution is 2.26. The number of rotatable bonds is 40. The summed E-state index contributed by atoms with van der Waals surface area (Å²) in [6, 6.07) is 0. The second-order valence-electron chi connectivity index (χ2n) is 17.5. The van der Waals surface area contributed by atoms with Crippen LogP contribution in [-0.4, -0.2) is 87.4 Å². The molecule has 0 aliphatic carbocycles. The van der Waals surface area contributed by atoms with Gasteiger partial charge in [0.25, 0.3) is 0 Å². The average molecular weight is 843 g/mol. The molecule has 1 rings (SSSR count). The van der Waals surface area contributed by atoms with Crippen LogP contribution in [0, 0.1) is 0 Å². The standard InChI is InChI=1S/C48H90O11/c1-5-8-11-14-17-20-23-26-29-32-39(35-42(49)50)57-43(51)36-40(33-30-27-24-21-18-15-12-9-6-2)58-44(52)37-41(34-31-28-25-22-19-16-13-10-7-3)59-48-47(55)46(54)45(53)38(4)56-48/h38-41,45-48,53-55H,5-37H2,1-4H3,(H,49,50)/t38?,39-,40-,41-,45+,46?,47?,48+/m1/s1. The van der Waals surface area contributed by atoms with Gasteiger partial charge in [-0.2, -0.15) is 0 Å². The van der Waals surface area contributed by atoms with Crippen LogP contribution >= 0.6 is 0 Å². The molecule has 1 aliphatic heterocycles. The molecule has 0 aromatic rings. The van der Waals surface area contributed by atoms with Gasteiger partial charge >= 0.3 is 17.9 Å². The van der Waals surface area contributed by atoms with E-state index in [2.05, 4.69) is 20.8 Å². The van der Waals surface area contributed by atoms with E-state index in [1.54, 1.807) is 6.92 Å². The molecule has 348 valence electrons. The first-order chi connectivity index (χ1) is 28.5. The Bertz CT molecular complexity index is 1020. The first-order valence-corrected chi connectivity index (χ1v) is 24.5. The third kappa shape index (κ3) is 29.2. The minimum absolute atomic E-state index is 0.139. The number of hydrogen-bond acceptors (Lipinski definition) is 10. The van der Waals surface area contributed by atoms with E-state index in [4.69, 9.17) is 18.9 Å². The van der Waals surface area contributed by atoms with Crippen molar-refractivity contribution < 1.29 is 53.8 Å². The lowest BCUT2D eigenvalue weighted by Gasteiger charge is -2.40. The van der Waals surface area contributed by atoms with Crippen molar-refractivity contribution in [1.82, 2.24) is 0 Å². The highest BCUT2D eigenvalue weighted by atomic mass is 16.7. The van der Waals surface area contributed by atoms with Gasteiger partial charge in [-0.1, -0.05) is 181 Å². The monoisotopic (exact) mass is 843 g/mol. The minimum Gasteiger partial charge on any atom is -0.481 e. The molecule has 3 unspecified atom stereocenters. The van der Waals surface area contributed by atoms with Crippen molar-refractivity contribution in [2.45, 2.75) is 289 Å². The number of esters is 2. The lowest BCUT2D eigenvalue weighted by molar-refractivity contribution is -0.304. The molecule has 0 aromatic heterocycles. The Morgan fingerprint density at radius 3 is 1.15 bits per heavy atom. The van der Waals surface area contributed by atoms with Crippen molar-refractivity contribution in [3.63, 3.8) is 0 Å². The fraction of sp³-hybridized carbons (Fsp3) is 0.938. The minimum atomic E-state index is -1.49. The lowest BCUT2D eigenvalue weighted by atomic mass is 9.99. The number of carbonyl (C=O) groups is 3. The summed E-state index contributed by atoms with van der Waals surface area (Å²) in [5.74, 6) is -2.13. The van der Waals surface area contributed by atoms with Crippen LogP contribution in [-0.2, 0) is 33.3 Å². The van der Waals surface area contributed by atoms with Crippen LogP contribution < -0.4 is 0 Å². The molecule has 0 radical (unpaired) electrons. The maximum Gasteiger partial charge on any atom is 0.309 e. The van der Waals surface area contributed by atoms with Crippen LogP contribution in [0.4, 0.5) is 0 Å². The molecule has 1 fully saturated rings. The molecular weight excluding hydrogens is 753 g/mol. The van der Waals surface area contributed by atoms with E-state index >= 15 is 0 Å². The van der Waals surface area contributed by atoms with Gasteiger partial charge < -0.3 is 39.4 Å². The fourth-order valence-electron chi connectivity index (χ4n) is 8.02. The number of hydrogen-bond donors (Lipinski definition) is 4. The zero-order chi connectivity index (χ0) is 43.5. The maximum absolute atomic E-state index is 13.6. The molecule has 1 heterocycles. The fourth-order valence-corrected chi connectivity index (χ4v) is 8.02. The molecule has 0 bridgehead atoms. The zero-order valence-corrected chi connectivity index (χ0v) is 38.1. The molecule has 4 N–H and O–H groups in total. The van der Waals surface area contributed by atoms with Crippen molar-refractivity contribution in [3.05, 3.63) is 0 Å². The van der Waals surface area contributed by atoms with E-state index in [-0.39, 0.29) is 19.3 Å². The number of aliphatic hydroxyl groups excluding tert-OH is 3.